The van der Waals surface area contributed by atoms with Crippen molar-refractivity contribution in [3.8, 4) is 5.75 Å². The summed E-state index contributed by atoms with van der Waals surface area (Å²) in [4.78, 5) is 23.1. The quantitative estimate of drug-likeness (QED) is 0.407. The molecule has 0 saturated carbocycles. The van der Waals surface area contributed by atoms with Crippen LogP contribution >= 0.6 is 0 Å². The molecule has 1 rings (SSSR count). The molecule has 1 aromatic carbocycles. The fourth-order valence-electron chi connectivity index (χ4n) is 2.45. The van der Waals surface area contributed by atoms with E-state index in [0.29, 0.717) is 24.3 Å². The van der Waals surface area contributed by atoms with E-state index in [-0.39, 0.29) is 5.97 Å². The highest BCUT2D eigenvalue weighted by Crippen LogP contribution is 2.18. The number of esters is 1. The van der Waals surface area contributed by atoms with Gasteiger partial charge in [-0.15, -0.1) is 0 Å². The Morgan fingerprint density at radius 2 is 1.60 bits per heavy atom. The Bertz CT molecular complexity index is 509. The van der Waals surface area contributed by atoms with Gasteiger partial charge in [-0.2, -0.15) is 0 Å². The maximum absolute atomic E-state index is 11.7. The summed E-state index contributed by atoms with van der Waals surface area (Å²) >= 11 is 0. The van der Waals surface area contributed by atoms with Gasteiger partial charge in [-0.05, 0) is 43.5 Å². The molecular formula is C20H30O5. The van der Waals surface area contributed by atoms with Gasteiger partial charge in [0.25, 0.3) is 0 Å². The van der Waals surface area contributed by atoms with Gasteiger partial charge in [0.2, 0.25) is 0 Å². The third-order valence-electron chi connectivity index (χ3n) is 3.90. The number of carboxylic acid groups (broad SMARTS) is 1. The van der Waals surface area contributed by atoms with Gasteiger partial charge in [0.15, 0.2) is 6.10 Å². The van der Waals surface area contributed by atoms with Gasteiger partial charge in [0, 0.05) is 0 Å². The Kier molecular flexibility index (Phi) is 10.4. The summed E-state index contributed by atoms with van der Waals surface area (Å²) in [5.74, 6) is -0.888. The summed E-state index contributed by atoms with van der Waals surface area (Å²) in [5.41, 5.74) is 0.434. The van der Waals surface area contributed by atoms with Gasteiger partial charge in [-0.3, -0.25) is 0 Å². The van der Waals surface area contributed by atoms with Crippen molar-refractivity contribution < 1.29 is 24.2 Å². The first-order valence-electron chi connectivity index (χ1n) is 9.25. The van der Waals surface area contributed by atoms with Crippen LogP contribution < -0.4 is 4.74 Å². The Hall–Kier alpha value is -2.04. The zero-order valence-corrected chi connectivity index (χ0v) is 15.3. The Balaban J connectivity index is 2.46. The topological polar surface area (TPSA) is 72.8 Å². The first-order valence-corrected chi connectivity index (χ1v) is 9.25. The second-order valence-corrected chi connectivity index (χ2v) is 6.16. The van der Waals surface area contributed by atoms with E-state index in [4.69, 9.17) is 9.47 Å². The molecule has 0 saturated heterocycles. The predicted molar refractivity (Wildman–Crippen MR) is 97.1 cm³/mol. The molecule has 1 N–H and O–H groups in total. The van der Waals surface area contributed by atoms with Gasteiger partial charge in [0.05, 0.1) is 12.2 Å². The number of aliphatic carboxylic acids is 1. The van der Waals surface area contributed by atoms with E-state index in [1.165, 1.54) is 19.3 Å². The minimum atomic E-state index is -0.958. The summed E-state index contributed by atoms with van der Waals surface area (Å²) < 4.78 is 10.6. The number of rotatable bonds is 13. The highest BCUT2D eigenvalue weighted by molar-refractivity contribution is 5.89. The van der Waals surface area contributed by atoms with E-state index in [1.54, 1.807) is 24.3 Å². The van der Waals surface area contributed by atoms with Crippen LogP contribution in [0.2, 0.25) is 0 Å². The molecule has 1 atom stereocenters. The van der Waals surface area contributed by atoms with Crippen molar-refractivity contribution in [1.29, 1.82) is 0 Å². The number of benzene rings is 1. The molecule has 0 spiro atoms. The van der Waals surface area contributed by atoms with Crippen LogP contribution in [0.15, 0.2) is 24.3 Å². The van der Waals surface area contributed by atoms with E-state index in [0.717, 1.165) is 25.7 Å². The zero-order chi connectivity index (χ0) is 18.5. The third-order valence-corrected chi connectivity index (χ3v) is 3.90. The van der Waals surface area contributed by atoms with E-state index in [9.17, 15) is 14.7 Å². The number of ether oxygens (including phenoxy) is 2. The van der Waals surface area contributed by atoms with Crippen LogP contribution in [0, 0.1) is 0 Å². The van der Waals surface area contributed by atoms with Crippen molar-refractivity contribution in [2.24, 2.45) is 0 Å². The molecule has 0 aliphatic carbocycles. The Morgan fingerprint density at radius 1 is 0.960 bits per heavy atom. The molecular weight excluding hydrogens is 320 g/mol. The molecule has 140 valence electrons. The first kappa shape index (κ1) is 21.0. The molecule has 0 radical (unpaired) electrons. The molecule has 1 unspecified atom stereocenters. The largest absolute Gasteiger partial charge is 0.479 e. The van der Waals surface area contributed by atoms with Crippen molar-refractivity contribution in [2.45, 2.75) is 71.3 Å². The second-order valence-electron chi connectivity index (χ2n) is 6.16. The Labute approximate surface area is 150 Å². The number of hydrogen-bond acceptors (Lipinski definition) is 4. The summed E-state index contributed by atoms with van der Waals surface area (Å²) in [7, 11) is 0. The number of carboxylic acids is 1. The van der Waals surface area contributed by atoms with Gasteiger partial charge in [-0.25, -0.2) is 9.59 Å². The van der Waals surface area contributed by atoms with Gasteiger partial charge < -0.3 is 14.6 Å². The van der Waals surface area contributed by atoms with Crippen LogP contribution in [0.25, 0.3) is 0 Å². The number of carbonyl (C=O) groups is 2. The average molecular weight is 350 g/mol. The molecule has 0 heterocycles. The molecule has 0 aliphatic heterocycles. The molecule has 0 aromatic heterocycles. The SMILES string of the molecule is CCCCCCCCC(Oc1ccc(C(=O)OCCC)cc1)C(=O)O. The van der Waals surface area contributed by atoms with Crippen LogP contribution in [0.1, 0.15) is 75.6 Å². The molecule has 0 fully saturated rings. The lowest BCUT2D eigenvalue weighted by atomic mass is 10.1. The molecule has 0 aliphatic rings. The lowest BCUT2D eigenvalue weighted by Crippen LogP contribution is -2.26. The Morgan fingerprint density at radius 3 is 2.20 bits per heavy atom. The smallest absolute Gasteiger partial charge is 0.344 e. The standard InChI is InChI=1S/C20H30O5/c1-3-5-6-7-8-9-10-18(19(21)22)25-17-13-11-16(12-14-17)20(23)24-15-4-2/h11-14,18H,3-10,15H2,1-2H3,(H,21,22). The number of hydrogen-bond donors (Lipinski definition) is 1. The van der Waals surface area contributed by atoms with Crippen molar-refractivity contribution in [3.63, 3.8) is 0 Å². The van der Waals surface area contributed by atoms with E-state index >= 15 is 0 Å². The minimum absolute atomic E-state index is 0.379. The van der Waals surface area contributed by atoms with Crippen molar-refractivity contribution in [3.05, 3.63) is 29.8 Å². The zero-order valence-electron chi connectivity index (χ0n) is 15.3. The lowest BCUT2D eigenvalue weighted by molar-refractivity contribution is -0.145. The second kappa shape index (κ2) is 12.3. The van der Waals surface area contributed by atoms with Crippen molar-refractivity contribution in [1.82, 2.24) is 0 Å². The van der Waals surface area contributed by atoms with Crippen LogP contribution in [0.4, 0.5) is 0 Å². The van der Waals surface area contributed by atoms with Gasteiger partial charge >= 0.3 is 11.9 Å². The van der Waals surface area contributed by atoms with E-state index in [1.807, 2.05) is 6.92 Å². The average Bonchev–Trinajstić information content (AvgIpc) is 2.61. The highest BCUT2D eigenvalue weighted by atomic mass is 16.5. The van der Waals surface area contributed by atoms with Crippen LogP contribution in [-0.4, -0.2) is 29.8 Å². The van der Waals surface area contributed by atoms with Crippen molar-refractivity contribution in [2.75, 3.05) is 6.61 Å². The fraction of sp³-hybridized carbons (Fsp3) is 0.600. The first-order chi connectivity index (χ1) is 12.1. The molecule has 0 amide bonds. The minimum Gasteiger partial charge on any atom is -0.479 e. The summed E-state index contributed by atoms with van der Waals surface area (Å²) in [6, 6.07) is 6.41. The van der Waals surface area contributed by atoms with Crippen LogP contribution in [-0.2, 0) is 9.53 Å². The normalized spacial score (nSPS) is 11.8. The highest BCUT2D eigenvalue weighted by Gasteiger charge is 2.19. The van der Waals surface area contributed by atoms with Gasteiger partial charge in [-0.1, -0.05) is 46.0 Å². The summed E-state index contributed by atoms with van der Waals surface area (Å²) in [6.45, 7) is 4.49. The maximum Gasteiger partial charge on any atom is 0.344 e. The molecule has 25 heavy (non-hydrogen) atoms. The monoisotopic (exact) mass is 350 g/mol. The number of unbranched alkanes of at least 4 members (excludes halogenated alkanes) is 5. The van der Waals surface area contributed by atoms with Crippen molar-refractivity contribution >= 4 is 11.9 Å². The molecule has 5 nitrogen and oxygen atoms in total. The third kappa shape index (κ3) is 8.57. The molecule has 0 bridgehead atoms. The van der Waals surface area contributed by atoms with E-state index < -0.39 is 12.1 Å². The molecule has 1 aromatic rings. The number of carbonyl (C=O) groups excluding carboxylic acids is 1. The summed E-state index contributed by atoms with van der Waals surface area (Å²) in [6.07, 6.45) is 7.02. The van der Waals surface area contributed by atoms with Crippen LogP contribution in [0.3, 0.4) is 0 Å². The van der Waals surface area contributed by atoms with E-state index in [2.05, 4.69) is 6.92 Å². The van der Waals surface area contributed by atoms with Crippen LogP contribution in [0.5, 0.6) is 5.75 Å². The fourth-order valence-corrected chi connectivity index (χ4v) is 2.45. The lowest BCUT2D eigenvalue weighted by Gasteiger charge is -2.15. The summed E-state index contributed by atoms with van der Waals surface area (Å²) in [5, 5.41) is 9.32. The van der Waals surface area contributed by atoms with Gasteiger partial charge in [0.1, 0.15) is 5.75 Å². The molecule has 5 heteroatoms. The predicted octanol–water partition coefficient (Wildman–Crippen LogP) is 4.84. The maximum atomic E-state index is 11.7.